The summed E-state index contributed by atoms with van der Waals surface area (Å²) in [6.07, 6.45) is 2.85. The van der Waals surface area contributed by atoms with Gasteiger partial charge in [-0.1, -0.05) is 0 Å². The van der Waals surface area contributed by atoms with Crippen LogP contribution in [-0.4, -0.2) is 37.1 Å². The molecule has 2 atom stereocenters. The van der Waals surface area contributed by atoms with Gasteiger partial charge in [-0.15, -0.1) is 0 Å². The van der Waals surface area contributed by atoms with Gasteiger partial charge in [0.1, 0.15) is 0 Å². The molecule has 1 N–H and O–H groups in total. The van der Waals surface area contributed by atoms with E-state index in [0.29, 0.717) is 13.2 Å². The molecule has 0 bridgehead atoms. The molecule has 72 valence electrons. The molecule has 0 saturated carbocycles. The molecule has 1 aliphatic heterocycles. The Morgan fingerprint density at radius 3 is 3.08 bits per heavy atom. The van der Waals surface area contributed by atoms with E-state index >= 15 is 0 Å². The molecule has 0 aromatic carbocycles. The van der Waals surface area contributed by atoms with E-state index < -0.39 is 0 Å². The zero-order valence-electron chi connectivity index (χ0n) is 7.66. The summed E-state index contributed by atoms with van der Waals surface area (Å²) in [6, 6.07) is 0. The van der Waals surface area contributed by atoms with Gasteiger partial charge < -0.3 is 14.6 Å². The standard InChI is InChI=1S/C9H18O3/c1-2-11-7-8(10)6-9-4-3-5-12-9/h8-10H,2-7H2,1H3. The molecule has 1 saturated heterocycles. The molecule has 0 amide bonds. The first-order valence-electron chi connectivity index (χ1n) is 4.70. The van der Waals surface area contributed by atoms with Gasteiger partial charge in [0.05, 0.1) is 18.8 Å². The van der Waals surface area contributed by atoms with Crippen LogP contribution in [0.25, 0.3) is 0 Å². The maximum absolute atomic E-state index is 9.44. The van der Waals surface area contributed by atoms with E-state index in [4.69, 9.17) is 9.47 Å². The Labute approximate surface area is 73.7 Å². The second-order valence-corrected chi connectivity index (χ2v) is 3.18. The van der Waals surface area contributed by atoms with Gasteiger partial charge in [0.15, 0.2) is 0 Å². The van der Waals surface area contributed by atoms with Crippen LogP contribution in [-0.2, 0) is 9.47 Å². The first-order chi connectivity index (χ1) is 5.83. The average molecular weight is 174 g/mol. The first kappa shape index (κ1) is 9.96. The Balaban J connectivity index is 2.03. The van der Waals surface area contributed by atoms with Crippen molar-refractivity contribution in [1.82, 2.24) is 0 Å². The summed E-state index contributed by atoms with van der Waals surface area (Å²) >= 11 is 0. The van der Waals surface area contributed by atoms with Gasteiger partial charge in [0.25, 0.3) is 0 Å². The van der Waals surface area contributed by atoms with Crippen LogP contribution in [0.15, 0.2) is 0 Å². The van der Waals surface area contributed by atoms with Crippen LogP contribution in [0.3, 0.4) is 0 Å². The second kappa shape index (κ2) is 5.51. The van der Waals surface area contributed by atoms with Crippen LogP contribution in [0, 0.1) is 0 Å². The largest absolute Gasteiger partial charge is 0.391 e. The first-order valence-corrected chi connectivity index (χ1v) is 4.70. The molecular weight excluding hydrogens is 156 g/mol. The lowest BCUT2D eigenvalue weighted by Gasteiger charge is -2.14. The smallest absolute Gasteiger partial charge is 0.0798 e. The monoisotopic (exact) mass is 174 g/mol. The van der Waals surface area contributed by atoms with Crippen molar-refractivity contribution in [3.63, 3.8) is 0 Å². The number of hydrogen-bond acceptors (Lipinski definition) is 3. The van der Waals surface area contributed by atoms with Crippen molar-refractivity contribution in [3.05, 3.63) is 0 Å². The van der Waals surface area contributed by atoms with Crippen molar-refractivity contribution in [2.24, 2.45) is 0 Å². The van der Waals surface area contributed by atoms with Crippen molar-refractivity contribution in [2.45, 2.75) is 38.4 Å². The molecule has 1 aliphatic rings. The van der Waals surface area contributed by atoms with Gasteiger partial charge in [-0.05, 0) is 19.8 Å². The Morgan fingerprint density at radius 2 is 2.50 bits per heavy atom. The molecule has 3 nitrogen and oxygen atoms in total. The minimum absolute atomic E-state index is 0.264. The molecule has 0 radical (unpaired) electrons. The van der Waals surface area contributed by atoms with Crippen LogP contribution in [0.4, 0.5) is 0 Å². The molecule has 1 heterocycles. The third-order valence-electron chi connectivity index (χ3n) is 2.07. The molecule has 1 fully saturated rings. The summed E-state index contributed by atoms with van der Waals surface area (Å²) in [4.78, 5) is 0. The van der Waals surface area contributed by atoms with E-state index in [-0.39, 0.29) is 12.2 Å². The van der Waals surface area contributed by atoms with Crippen LogP contribution in [0.1, 0.15) is 26.2 Å². The molecule has 1 rings (SSSR count). The number of hydrogen-bond donors (Lipinski definition) is 1. The molecule has 0 aromatic heterocycles. The molecule has 0 aliphatic carbocycles. The van der Waals surface area contributed by atoms with Crippen molar-refractivity contribution < 1.29 is 14.6 Å². The van der Waals surface area contributed by atoms with Crippen LogP contribution >= 0.6 is 0 Å². The SMILES string of the molecule is CCOCC(O)CC1CCCO1. The van der Waals surface area contributed by atoms with E-state index in [2.05, 4.69) is 0 Å². The summed E-state index contributed by atoms with van der Waals surface area (Å²) in [5.41, 5.74) is 0. The van der Waals surface area contributed by atoms with Crippen molar-refractivity contribution in [2.75, 3.05) is 19.8 Å². The van der Waals surface area contributed by atoms with Gasteiger partial charge >= 0.3 is 0 Å². The van der Waals surface area contributed by atoms with Crippen LogP contribution in [0.2, 0.25) is 0 Å². The normalized spacial score (nSPS) is 26.0. The topological polar surface area (TPSA) is 38.7 Å². The molecule has 2 unspecified atom stereocenters. The number of aliphatic hydroxyl groups excluding tert-OH is 1. The van der Waals surface area contributed by atoms with Crippen LogP contribution in [0.5, 0.6) is 0 Å². The number of rotatable bonds is 5. The van der Waals surface area contributed by atoms with Crippen molar-refractivity contribution in [1.29, 1.82) is 0 Å². The Hall–Kier alpha value is -0.120. The predicted octanol–water partition coefficient (Wildman–Crippen LogP) is 0.953. The van der Waals surface area contributed by atoms with Gasteiger partial charge in [-0.2, -0.15) is 0 Å². The average Bonchev–Trinajstić information content (AvgIpc) is 2.53. The lowest BCUT2D eigenvalue weighted by molar-refractivity contribution is 0.00280. The number of aliphatic hydroxyl groups is 1. The van der Waals surface area contributed by atoms with E-state index in [9.17, 15) is 5.11 Å². The zero-order valence-corrected chi connectivity index (χ0v) is 7.66. The highest BCUT2D eigenvalue weighted by Crippen LogP contribution is 2.16. The molecule has 0 spiro atoms. The van der Waals surface area contributed by atoms with E-state index in [1.165, 1.54) is 0 Å². The highest BCUT2D eigenvalue weighted by Gasteiger charge is 2.19. The molecule has 12 heavy (non-hydrogen) atoms. The zero-order chi connectivity index (χ0) is 8.81. The summed E-state index contributed by atoms with van der Waals surface area (Å²) in [7, 11) is 0. The third-order valence-corrected chi connectivity index (χ3v) is 2.07. The van der Waals surface area contributed by atoms with Gasteiger partial charge in [0, 0.05) is 19.6 Å². The van der Waals surface area contributed by atoms with Crippen molar-refractivity contribution >= 4 is 0 Å². The lowest BCUT2D eigenvalue weighted by atomic mass is 10.1. The van der Waals surface area contributed by atoms with Gasteiger partial charge in [0.2, 0.25) is 0 Å². The molecule has 0 aromatic rings. The highest BCUT2D eigenvalue weighted by molar-refractivity contribution is 4.69. The fourth-order valence-electron chi connectivity index (χ4n) is 1.46. The minimum atomic E-state index is -0.354. The van der Waals surface area contributed by atoms with Crippen molar-refractivity contribution in [3.8, 4) is 0 Å². The fourth-order valence-corrected chi connectivity index (χ4v) is 1.46. The Kier molecular flexibility index (Phi) is 4.58. The minimum Gasteiger partial charge on any atom is -0.391 e. The summed E-state index contributed by atoms with van der Waals surface area (Å²) in [6.45, 7) is 3.89. The van der Waals surface area contributed by atoms with E-state index in [1.807, 2.05) is 6.92 Å². The van der Waals surface area contributed by atoms with Gasteiger partial charge in [-0.25, -0.2) is 0 Å². The lowest BCUT2D eigenvalue weighted by Crippen LogP contribution is -2.21. The maximum atomic E-state index is 9.44. The Morgan fingerprint density at radius 1 is 1.67 bits per heavy atom. The summed E-state index contributed by atoms with van der Waals surface area (Å²) < 4.78 is 10.5. The van der Waals surface area contributed by atoms with Gasteiger partial charge in [-0.3, -0.25) is 0 Å². The van der Waals surface area contributed by atoms with E-state index in [0.717, 1.165) is 25.9 Å². The van der Waals surface area contributed by atoms with Crippen LogP contribution < -0.4 is 0 Å². The highest BCUT2D eigenvalue weighted by atomic mass is 16.5. The molecule has 3 heteroatoms. The number of ether oxygens (including phenoxy) is 2. The molecular formula is C9H18O3. The predicted molar refractivity (Wildman–Crippen MR) is 46.1 cm³/mol. The third kappa shape index (κ3) is 3.52. The second-order valence-electron chi connectivity index (χ2n) is 3.18. The fraction of sp³-hybridized carbons (Fsp3) is 1.00. The quantitative estimate of drug-likeness (QED) is 0.674. The summed E-state index contributed by atoms with van der Waals surface area (Å²) in [5, 5.41) is 9.44. The Bertz CT molecular complexity index is 110. The maximum Gasteiger partial charge on any atom is 0.0798 e. The van der Waals surface area contributed by atoms with E-state index in [1.54, 1.807) is 0 Å². The summed E-state index contributed by atoms with van der Waals surface area (Å²) in [5.74, 6) is 0.